The summed E-state index contributed by atoms with van der Waals surface area (Å²) in [4.78, 5) is 10.8. The normalized spacial score (nSPS) is 21.2. The van der Waals surface area contributed by atoms with Crippen molar-refractivity contribution in [3.8, 4) is 0 Å². The van der Waals surface area contributed by atoms with Crippen LogP contribution in [0.25, 0.3) is 0 Å². The summed E-state index contributed by atoms with van der Waals surface area (Å²) in [6, 6.07) is 0. The van der Waals surface area contributed by atoms with Gasteiger partial charge in [0.2, 0.25) is 0 Å². The van der Waals surface area contributed by atoms with Crippen molar-refractivity contribution in [3.63, 3.8) is 0 Å². The summed E-state index contributed by atoms with van der Waals surface area (Å²) < 4.78 is 20.3. The van der Waals surface area contributed by atoms with Gasteiger partial charge in [-0.05, 0) is 0 Å². The van der Waals surface area contributed by atoms with E-state index in [0.717, 1.165) is 25.9 Å². The molecule has 0 radical (unpaired) electrons. The molecule has 126 valence electrons. The number of hydrogen-bond donors (Lipinski definition) is 1. The Morgan fingerprint density at radius 3 is 2.48 bits per heavy atom. The van der Waals surface area contributed by atoms with Crippen molar-refractivity contribution in [1.29, 1.82) is 0 Å². The van der Waals surface area contributed by atoms with Gasteiger partial charge in [0, 0.05) is 0 Å². The standard InChI is InChI=1S/C14H28IN2O4/c1-5-14(4,20-9-6-8-17-11-15-17)7-10-19-13(2,3)21-12(16)18/h5-11H2,1-4H3,(H2,16,18)/q-1. The van der Waals surface area contributed by atoms with Crippen LogP contribution < -0.4 is 27.2 Å². The molecule has 0 spiro atoms. The molecule has 1 saturated heterocycles. The van der Waals surface area contributed by atoms with Crippen molar-refractivity contribution in [2.75, 3.05) is 24.3 Å². The van der Waals surface area contributed by atoms with Crippen molar-refractivity contribution < 1.29 is 40.5 Å². The van der Waals surface area contributed by atoms with Gasteiger partial charge < -0.3 is 5.73 Å². The molecule has 2 unspecified atom stereocenters. The first-order valence-electron chi connectivity index (χ1n) is 7.37. The molecule has 1 aliphatic rings. The van der Waals surface area contributed by atoms with Crippen LogP contribution in [0.1, 0.15) is 47.0 Å². The maximum atomic E-state index is 10.8. The predicted molar refractivity (Wildman–Crippen MR) is 76.2 cm³/mol. The first-order chi connectivity index (χ1) is 9.76. The number of nitrogens with two attached hydrogens (primary N) is 1. The Morgan fingerprint density at radius 1 is 1.29 bits per heavy atom. The quantitative estimate of drug-likeness (QED) is 0.0899. The third-order valence-electron chi connectivity index (χ3n) is 3.46. The topological polar surface area (TPSA) is 73.8 Å². The SMILES string of the molecule is CCC(C)(CCOC(C)(C)OC(N)=O)OCCCN1C[I-]1. The Morgan fingerprint density at radius 2 is 1.95 bits per heavy atom. The van der Waals surface area contributed by atoms with Gasteiger partial charge in [0.1, 0.15) is 0 Å². The zero-order valence-electron chi connectivity index (χ0n) is 13.5. The fraction of sp³-hybridized carbons (Fsp3) is 0.929. The summed E-state index contributed by atoms with van der Waals surface area (Å²) in [6.45, 7) is 9.98. The van der Waals surface area contributed by atoms with Crippen LogP contribution in [0.5, 0.6) is 0 Å². The van der Waals surface area contributed by atoms with E-state index in [1.807, 2.05) is 0 Å². The van der Waals surface area contributed by atoms with E-state index >= 15 is 0 Å². The van der Waals surface area contributed by atoms with Crippen molar-refractivity contribution in [1.82, 2.24) is 3.11 Å². The molecule has 2 N–H and O–H groups in total. The van der Waals surface area contributed by atoms with Crippen molar-refractivity contribution in [2.24, 2.45) is 5.73 Å². The molecule has 0 bridgehead atoms. The Kier molecular flexibility index (Phi) is 7.66. The summed E-state index contributed by atoms with van der Waals surface area (Å²) in [7, 11) is 0. The van der Waals surface area contributed by atoms with E-state index in [1.165, 1.54) is 11.1 Å². The first-order valence-corrected chi connectivity index (χ1v) is 9.86. The van der Waals surface area contributed by atoms with Gasteiger partial charge in [0.05, 0.1) is 0 Å². The Bertz CT molecular complexity index is 337. The van der Waals surface area contributed by atoms with Crippen LogP contribution in [0.15, 0.2) is 0 Å². The molecule has 1 aliphatic heterocycles. The second-order valence-corrected chi connectivity index (χ2v) is 8.58. The second-order valence-electron chi connectivity index (χ2n) is 5.85. The molecule has 6 nitrogen and oxygen atoms in total. The molecule has 0 saturated carbocycles. The third kappa shape index (κ3) is 8.80. The Balaban J connectivity index is 2.22. The molecule has 0 aromatic rings. The predicted octanol–water partition coefficient (Wildman–Crippen LogP) is -0.923. The number of amides is 1. The van der Waals surface area contributed by atoms with Gasteiger partial charge >= 0.3 is 128 Å². The molecule has 1 amide bonds. The average Bonchev–Trinajstić information content (AvgIpc) is 3.17. The third-order valence-corrected chi connectivity index (χ3v) is 5.59. The van der Waals surface area contributed by atoms with E-state index in [4.69, 9.17) is 19.9 Å². The van der Waals surface area contributed by atoms with Crippen LogP contribution in [-0.4, -0.2) is 44.9 Å². The number of alkyl halides is 1. The first kappa shape index (κ1) is 18.9. The number of nitrogens with zero attached hydrogens (tertiary/aromatic N) is 1. The van der Waals surface area contributed by atoms with Crippen molar-refractivity contribution in [2.45, 2.75) is 58.3 Å². The Labute approximate surface area is 138 Å². The zero-order chi connectivity index (χ0) is 15.9. The van der Waals surface area contributed by atoms with E-state index in [0.29, 0.717) is 28.1 Å². The number of carbonyl (C=O) groups is 1. The molecular weight excluding hydrogens is 387 g/mol. The Hall–Kier alpha value is -0.120. The monoisotopic (exact) mass is 415 g/mol. The summed E-state index contributed by atoms with van der Waals surface area (Å²) in [5.41, 5.74) is 4.81. The summed E-state index contributed by atoms with van der Waals surface area (Å²) in [5.74, 6) is -0.997. The van der Waals surface area contributed by atoms with Crippen molar-refractivity contribution >= 4 is 6.09 Å². The molecular formula is C14H28IN2O4-. The fourth-order valence-electron chi connectivity index (χ4n) is 1.85. The minimum atomic E-state index is -0.997. The van der Waals surface area contributed by atoms with E-state index in [2.05, 4.69) is 17.0 Å². The van der Waals surface area contributed by atoms with Gasteiger partial charge in [-0.3, -0.25) is 0 Å². The molecule has 0 aromatic carbocycles. The fourth-order valence-corrected chi connectivity index (χ4v) is 3.09. The molecule has 7 heteroatoms. The number of hydrogen-bond acceptors (Lipinski definition) is 5. The molecule has 1 heterocycles. The van der Waals surface area contributed by atoms with Crippen LogP contribution >= 0.6 is 0 Å². The van der Waals surface area contributed by atoms with E-state index in [-0.39, 0.29) is 5.60 Å². The number of halogens is 1. The molecule has 0 aliphatic carbocycles. The molecule has 2 atom stereocenters. The van der Waals surface area contributed by atoms with Gasteiger partial charge in [-0.25, -0.2) is 4.79 Å². The summed E-state index contributed by atoms with van der Waals surface area (Å²) in [6.07, 6.45) is 1.94. The van der Waals surface area contributed by atoms with Crippen LogP contribution in [0.4, 0.5) is 4.79 Å². The van der Waals surface area contributed by atoms with Crippen LogP contribution in [-0.2, 0) is 14.2 Å². The van der Waals surface area contributed by atoms with Crippen molar-refractivity contribution in [3.05, 3.63) is 0 Å². The van der Waals surface area contributed by atoms with Gasteiger partial charge in [0.25, 0.3) is 0 Å². The molecule has 21 heavy (non-hydrogen) atoms. The molecule has 1 fully saturated rings. The van der Waals surface area contributed by atoms with Crippen LogP contribution in [0.2, 0.25) is 0 Å². The van der Waals surface area contributed by atoms with Gasteiger partial charge in [-0.15, -0.1) is 0 Å². The van der Waals surface area contributed by atoms with Crippen LogP contribution in [0.3, 0.4) is 0 Å². The molecule has 0 aromatic heterocycles. The number of carbonyl (C=O) groups excluding carboxylic acids is 1. The van der Waals surface area contributed by atoms with Crippen LogP contribution in [0, 0.1) is 0 Å². The minimum absolute atomic E-state index is 0.198. The van der Waals surface area contributed by atoms with E-state index < -0.39 is 11.9 Å². The van der Waals surface area contributed by atoms with Gasteiger partial charge in [-0.1, -0.05) is 0 Å². The second kappa shape index (κ2) is 8.50. The zero-order valence-corrected chi connectivity index (χ0v) is 15.6. The van der Waals surface area contributed by atoms with Gasteiger partial charge in [-0.2, -0.15) is 0 Å². The van der Waals surface area contributed by atoms with E-state index in [9.17, 15) is 4.79 Å². The maximum absolute atomic E-state index is 10.8. The number of rotatable bonds is 11. The van der Waals surface area contributed by atoms with Gasteiger partial charge in [0.15, 0.2) is 0 Å². The molecule has 1 rings (SSSR count). The summed E-state index contributed by atoms with van der Waals surface area (Å²) >= 11 is 0.399. The van der Waals surface area contributed by atoms with E-state index in [1.54, 1.807) is 13.8 Å². The summed E-state index contributed by atoms with van der Waals surface area (Å²) in [5, 5.41) is 0. The number of primary amides is 1. The number of ether oxygens (including phenoxy) is 3. The average molecular weight is 415 g/mol.